The molecule has 6 rings (SSSR count). The first-order valence-corrected chi connectivity index (χ1v) is 16.2. The number of anilines is 1. The van der Waals surface area contributed by atoms with Crippen LogP contribution in [0.25, 0.3) is 22.3 Å². The minimum absolute atomic E-state index is 0.0383. The summed E-state index contributed by atoms with van der Waals surface area (Å²) in [6, 6.07) is 13.6. The van der Waals surface area contributed by atoms with Crippen molar-refractivity contribution in [1.82, 2.24) is 9.88 Å². The molecule has 0 spiro atoms. The molecule has 46 heavy (non-hydrogen) atoms. The van der Waals surface area contributed by atoms with E-state index in [9.17, 15) is 19.8 Å². The zero-order valence-corrected chi connectivity index (χ0v) is 27.4. The Hall–Kier alpha value is -4.08. The predicted octanol–water partition coefficient (Wildman–Crippen LogP) is 6.68. The van der Waals surface area contributed by atoms with E-state index >= 15 is 0 Å². The van der Waals surface area contributed by atoms with Crippen molar-refractivity contribution in [2.75, 3.05) is 38.1 Å². The molecule has 0 radical (unpaired) electrons. The second kappa shape index (κ2) is 12.6. The molecule has 0 aliphatic carbocycles. The van der Waals surface area contributed by atoms with Crippen LogP contribution >= 0.6 is 11.6 Å². The van der Waals surface area contributed by atoms with E-state index in [1.807, 2.05) is 26.2 Å². The van der Waals surface area contributed by atoms with E-state index < -0.39 is 22.9 Å². The smallest absolute Gasteiger partial charge is 0.312 e. The standard InChI is InChI=1S/C36H40ClN3O6/c1-21(2)26-17-22(9-13-38-26)40-15-11-36(3,12-16-40)35(44)46-31-20-39(4)14-10-24(31)32-27(41)18-28(42)33-29(43)19-30(45-34(32)33)23-7-5-6-8-25(23)37/h5-9,13,17-19,21,24,31,41-42H,10-12,14-16,20H2,1-4H3/t24-,31+/m0/s1. The summed E-state index contributed by atoms with van der Waals surface area (Å²) in [4.78, 5) is 36.1. The molecule has 0 bridgehead atoms. The Morgan fingerprint density at radius 2 is 1.83 bits per heavy atom. The number of fused-ring (bicyclic) bond motifs is 1. The maximum Gasteiger partial charge on any atom is 0.312 e. The number of esters is 1. The van der Waals surface area contributed by atoms with Crippen molar-refractivity contribution in [3.8, 4) is 22.8 Å². The van der Waals surface area contributed by atoms with Gasteiger partial charge in [0.25, 0.3) is 0 Å². The first-order valence-electron chi connectivity index (χ1n) is 15.8. The zero-order chi connectivity index (χ0) is 32.7. The van der Waals surface area contributed by atoms with Gasteiger partial charge < -0.3 is 29.2 Å². The largest absolute Gasteiger partial charge is 0.507 e. The number of phenolic OH excluding ortho intramolecular Hbond substituents is 2. The minimum Gasteiger partial charge on any atom is -0.507 e. The molecule has 0 saturated carbocycles. The van der Waals surface area contributed by atoms with Gasteiger partial charge in [-0.1, -0.05) is 37.6 Å². The summed E-state index contributed by atoms with van der Waals surface area (Å²) in [6.45, 7) is 8.73. The number of carbonyl (C=O) groups is 1. The summed E-state index contributed by atoms with van der Waals surface area (Å²) in [5, 5.41) is 22.3. The highest BCUT2D eigenvalue weighted by Gasteiger charge is 2.43. The van der Waals surface area contributed by atoms with E-state index in [0.29, 0.717) is 67.5 Å². The minimum atomic E-state index is -0.687. The molecule has 2 aromatic carbocycles. The van der Waals surface area contributed by atoms with Gasteiger partial charge in [-0.05, 0) is 70.0 Å². The summed E-state index contributed by atoms with van der Waals surface area (Å²) in [5.41, 5.74) is 1.90. The van der Waals surface area contributed by atoms with Crippen molar-refractivity contribution in [3.05, 3.63) is 81.2 Å². The van der Waals surface area contributed by atoms with E-state index in [0.717, 1.165) is 11.4 Å². The molecule has 242 valence electrons. The Morgan fingerprint density at radius 1 is 1.09 bits per heavy atom. The van der Waals surface area contributed by atoms with Crippen molar-refractivity contribution in [1.29, 1.82) is 0 Å². The third-order valence-electron chi connectivity index (χ3n) is 9.61. The quantitative estimate of drug-likeness (QED) is 0.222. The molecule has 2 atom stereocenters. The number of nitrogens with zero attached hydrogens (tertiary/aromatic N) is 3. The van der Waals surface area contributed by atoms with Crippen LogP contribution in [0.2, 0.25) is 5.02 Å². The van der Waals surface area contributed by atoms with E-state index in [2.05, 4.69) is 34.7 Å². The number of hydrogen-bond donors (Lipinski definition) is 2. The van der Waals surface area contributed by atoms with Crippen molar-refractivity contribution in [3.63, 3.8) is 0 Å². The van der Waals surface area contributed by atoms with Gasteiger partial charge in [0.15, 0.2) is 5.43 Å². The van der Waals surface area contributed by atoms with E-state index in [1.54, 1.807) is 24.3 Å². The van der Waals surface area contributed by atoms with Crippen LogP contribution < -0.4 is 10.3 Å². The number of pyridine rings is 1. The van der Waals surface area contributed by atoms with Gasteiger partial charge in [0, 0.05) is 66.4 Å². The Bertz CT molecular complexity index is 1830. The summed E-state index contributed by atoms with van der Waals surface area (Å²) in [7, 11) is 1.96. The number of carbonyl (C=O) groups excluding carboxylic acids is 1. The summed E-state index contributed by atoms with van der Waals surface area (Å²) in [5.74, 6) is -0.834. The third-order valence-corrected chi connectivity index (χ3v) is 9.94. The van der Waals surface area contributed by atoms with Crippen LogP contribution in [0, 0.1) is 5.41 Å². The Kier molecular flexibility index (Phi) is 8.74. The second-order valence-electron chi connectivity index (χ2n) is 13.2. The highest BCUT2D eigenvalue weighted by atomic mass is 35.5. The van der Waals surface area contributed by atoms with E-state index in [-0.39, 0.29) is 34.2 Å². The van der Waals surface area contributed by atoms with E-state index in [1.165, 1.54) is 12.1 Å². The number of hydrogen-bond acceptors (Lipinski definition) is 9. The van der Waals surface area contributed by atoms with Gasteiger partial charge in [-0.2, -0.15) is 0 Å². The average Bonchev–Trinajstić information content (AvgIpc) is 3.02. The Morgan fingerprint density at radius 3 is 2.54 bits per heavy atom. The number of piperidine rings is 2. The van der Waals surface area contributed by atoms with E-state index in [4.69, 9.17) is 20.8 Å². The lowest BCUT2D eigenvalue weighted by Gasteiger charge is -2.42. The van der Waals surface area contributed by atoms with Crippen LogP contribution in [0.3, 0.4) is 0 Å². The van der Waals surface area contributed by atoms with Crippen LogP contribution in [-0.2, 0) is 9.53 Å². The van der Waals surface area contributed by atoms with Gasteiger partial charge in [-0.3, -0.25) is 14.6 Å². The van der Waals surface area contributed by atoms with Crippen LogP contribution in [0.4, 0.5) is 5.69 Å². The number of benzene rings is 2. The Labute approximate surface area is 273 Å². The van der Waals surface area contributed by atoms with Crippen LogP contribution in [-0.4, -0.2) is 65.4 Å². The summed E-state index contributed by atoms with van der Waals surface area (Å²) < 4.78 is 12.6. The maximum absolute atomic E-state index is 13.9. The molecule has 0 unspecified atom stereocenters. The van der Waals surface area contributed by atoms with Crippen LogP contribution in [0.1, 0.15) is 63.1 Å². The number of halogens is 1. The molecule has 0 amide bonds. The Balaban J connectivity index is 1.30. The lowest BCUT2D eigenvalue weighted by molar-refractivity contribution is -0.165. The fourth-order valence-corrected chi connectivity index (χ4v) is 6.91. The fourth-order valence-electron chi connectivity index (χ4n) is 6.69. The zero-order valence-electron chi connectivity index (χ0n) is 26.6. The number of likely N-dealkylation sites (tertiary alicyclic amines) is 1. The molecule has 4 aromatic rings. The number of phenols is 2. The van der Waals surface area contributed by atoms with Crippen molar-refractivity contribution in [2.24, 2.45) is 5.41 Å². The highest BCUT2D eigenvalue weighted by molar-refractivity contribution is 6.33. The van der Waals surface area contributed by atoms with Gasteiger partial charge in [0.1, 0.15) is 34.3 Å². The average molecular weight is 646 g/mol. The van der Waals surface area contributed by atoms with Crippen molar-refractivity contribution >= 4 is 34.2 Å². The lowest BCUT2D eigenvalue weighted by atomic mass is 9.79. The SMILES string of the molecule is CC(C)c1cc(N2CCC(C)(C(=O)O[C@@H]3CN(C)CC[C@@H]3c3c(O)cc(O)c4c(=O)cc(-c5ccccc5Cl)oc34)CC2)ccn1. The fraction of sp³-hybridized carbons (Fsp3) is 0.417. The molecule has 4 heterocycles. The van der Waals surface area contributed by atoms with Crippen molar-refractivity contribution < 1.29 is 24.2 Å². The molecule has 9 nitrogen and oxygen atoms in total. The highest BCUT2D eigenvalue weighted by Crippen LogP contribution is 2.45. The summed E-state index contributed by atoms with van der Waals surface area (Å²) in [6.07, 6.45) is 3.01. The van der Waals surface area contributed by atoms with Crippen LogP contribution in [0.5, 0.6) is 11.5 Å². The number of likely N-dealkylation sites (N-methyl/N-ethyl adjacent to an activating group) is 1. The molecule has 2 aliphatic rings. The molecule has 2 aliphatic heterocycles. The predicted molar refractivity (Wildman–Crippen MR) is 179 cm³/mol. The maximum atomic E-state index is 13.9. The molecule has 10 heteroatoms. The summed E-state index contributed by atoms with van der Waals surface area (Å²) >= 11 is 6.43. The number of rotatable bonds is 6. The first-order chi connectivity index (χ1) is 21.9. The molecule has 2 aromatic heterocycles. The van der Waals surface area contributed by atoms with Gasteiger partial charge >= 0.3 is 5.97 Å². The first kappa shape index (κ1) is 31.9. The monoisotopic (exact) mass is 645 g/mol. The van der Waals surface area contributed by atoms with Crippen LogP contribution in [0.15, 0.2) is 63.9 Å². The second-order valence-corrected chi connectivity index (χ2v) is 13.6. The topological polar surface area (TPSA) is 116 Å². The molecular formula is C36H40ClN3O6. The number of aromatic hydroxyl groups is 2. The number of aromatic nitrogens is 1. The van der Waals surface area contributed by atoms with Gasteiger partial charge in [-0.15, -0.1) is 0 Å². The lowest BCUT2D eigenvalue weighted by Crippen LogP contribution is -2.48. The normalized spacial score (nSPS) is 20.3. The molecule has 2 fully saturated rings. The molecule has 2 N–H and O–H groups in total. The molecule has 2 saturated heterocycles. The van der Waals surface area contributed by atoms with Gasteiger partial charge in [0.2, 0.25) is 0 Å². The van der Waals surface area contributed by atoms with Gasteiger partial charge in [-0.25, -0.2) is 0 Å². The molecular weight excluding hydrogens is 606 g/mol. The van der Waals surface area contributed by atoms with Crippen molar-refractivity contribution in [2.45, 2.75) is 58.0 Å². The number of ether oxygens (including phenoxy) is 1. The third kappa shape index (κ3) is 6.06. The van der Waals surface area contributed by atoms with Gasteiger partial charge in [0.05, 0.1) is 10.4 Å².